The number of piperazine rings is 1. The van der Waals surface area contributed by atoms with Gasteiger partial charge in [-0.05, 0) is 67.3 Å². The Morgan fingerprint density at radius 1 is 0.977 bits per heavy atom. The van der Waals surface area contributed by atoms with E-state index in [1.165, 1.54) is 18.2 Å². The van der Waals surface area contributed by atoms with E-state index in [0.717, 1.165) is 51.9 Å². The maximum absolute atomic E-state index is 16.6. The number of halogens is 3. The number of alkyl halides is 1. The molecule has 4 fully saturated rings. The van der Waals surface area contributed by atoms with E-state index in [9.17, 15) is 9.50 Å². The fraction of sp³-hybridized carbons (Fsp3) is 0.455. The number of benzene rings is 3. The third-order valence-electron chi connectivity index (χ3n) is 9.72. The van der Waals surface area contributed by atoms with Crippen LogP contribution in [-0.4, -0.2) is 77.6 Å². The highest BCUT2D eigenvalue weighted by Crippen LogP contribution is 2.47. The highest BCUT2D eigenvalue weighted by atomic mass is 19.1. The lowest BCUT2D eigenvalue weighted by Crippen LogP contribution is -2.51. The van der Waals surface area contributed by atoms with Crippen LogP contribution in [0.5, 0.6) is 11.8 Å². The minimum atomic E-state index is -0.772. The van der Waals surface area contributed by atoms with Gasteiger partial charge in [-0.3, -0.25) is 4.90 Å². The zero-order valence-electron chi connectivity index (χ0n) is 23.8. The van der Waals surface area contributed by atoms with Crippen molar-refractivity contribution in [3.8, 4) is 22.9 Å². The first-order valence-electron chi connectivity index (χ1n) is 15.3. The number of aromatic nitrogens is 2. The maximum Gasteiger partial charge on any atom is 0.319 e. The molecule has 0 spiro atoms. The van der Waals surface area contributed by atoms with Crippen molar-refractivity contribution in [3.63, 3.8) is 0 Å². The van der Waals surface area contributed by atoms with Crippen molar-refractivity contribution >= 4 is 27.5 Å². The lowest BCUT2D eigenvalue weighted by atomic mass is 9.96. The first-order chi connectivity index (χ1) is 20.8. The molecule has 224 valence electrons. The number of anilines is 1. The number of nitrogens with zero attached hydrogens (tertiary/aromatic N) is 4. The predicted molar refractivity (Wildman–Crippen MR) is 159 cm³/mol. The molecule has 8 rings (SSSR count). The number of likely N-dealkylation sites (tertiary alicyclic amines) is 1. The first-order valence-corrected chi connectivity index (χ1v) is 15.3. The molecule has 1 aromatic heterocycles. The molecule has 7 nitrogen and oxygen atoms in total. The molecule has 3 atom stereocenters. The fourth-order valence-electron chi connectivity index (χ4n) is 7.33. The lowest BCUT2D eigenvalue weighted by Gasteiger charge is -2.34. The Bertz CT molecular complexity index is 1720. The second-order valence-electron chi connectivity index (χ2n) is 12.9. The first kappa shape index (κ1) is 27.0. The maximum atomic E-state index is 16.6. The predicted octanol–water partition coefficient (Wildman–Crippen LogP) is 5.58. The largest absolute Gasteiger partial charge is 0.508 e. The molecule has 1 aliphatic carbocycles. The van der Waals surface area contributed by atoms with Gasteiger partial charge in [0.1, 0.15) is 29.1 Å². The van der Waals surface area contributed by atoms with Gasteiger partial charge in [0.25, 0.3) is 0 Å². The van der Waals surface area contributed by atoms with Gasteiger partial charge < -0.3 is 20.1 Å². The van der Waals surface area contributed by atoms with Crippen molar-refractivity contribution in [2.75, 3.05) is 44.2 Å². The standard InChI is InChI=1S/C33H34F3N5O2/c34-20-8-11-40(14-20)17-33(9-10-33)18-43-32-38-30-25(31(39-32)41-15-21-4-5-22(16-41)37-21)7-6-24(29(30)36)26-13-23(42)12-19-2-1-3-27(35)28(19)26/h1-3,6-7,12-13,20-22,37,42H,4-5,8-11,14-18H2/t20-,21?,22?/m1/s1. The summed E-state index contributed by atoms with van der Waals surface area (Å²) in [7, 11) is 0. The van der Waals surface area contributed by atoms with Gasteiger partial charge in [-0.15, -0.1) is 0 Å². The number of rotatable bonds is 7. The van der Waals surface area contributed by atoms with E-state index in [-0.39, 0.29) is 39.2 Å². The van der Waals surface area contributed by atoms with Crippen LogP contribution in [0.4, 0.5) is 19.0 Å². The number of nitrogens with one attached hydrogen (secondary N) is 1. The van der Waals surface area contributed by atoms with Gasteiger partial charge in [0, 0.05) is 66.6 Å². The highest BCUT2D eigenvalue weighted by molar-refractivity contribution is 6.01. The molecule has 3 aliphatic heterocycles. The Kier molecular flexibility index (Phi) is 6.41. The normalized spacial score (nSPS) is 24.7. The minimum Gasteiger partial charge on any atom is -0.508 e. The van der Waals surface area contributed by atoms with Gasteiger partial charge in [0.05, 0.1) is 6.61 Å². The van der Waals surface area contributed by atoms with Crippen molar-refractivity contribution < 1.29 is 23.0 Å². The van der Waals surface area contributed by atoms with Crippen molar-refractivity contribution in [3.05, 3.63) is 54.1 Å². The van der Waals surface area contributed by atoms with E-state index >= 15 is 8.78 Å². The molecule has 4 aromatic rings. The van der Waals surface area contributed by atoms with Crippen LogP contribution in [0.1, 0.15) is 32.1 Å². The van der Waals surface area contributed by atoms with Crippen LogP contribution in [0.2, 0.25) is 0 Å². The number of aromatic hydroxyl groups is 1. The molecule has 2 bridgehead atoms. The minimum absolute atomic E-state index is 0.0743. The van der Waals surface area contributed by atoms with Crippen LogP contribution in [0.25, 0.3) is 32.8 Å². The van der Waals surface area contributed by atoms with Crippen molar-refractivity contribution in [1.82, 2.24) is 20.2 Å². The number of phenols is 1. The van der Waals surface area contributed by atoms with E-state index in [1.54, 1.807) is 24.3 Å². The number of phenolic OH excluding ortho intramolecular Hbond substituents is 1. The molecular weight excluding hydrogens is 555 g/mol. The third-order valence-corrected chi connectivity index (χ3v) is 9.72. The van der Waals surface area contributed by atoms with E-state index in [4.69, 9.17) is 9.72 Å². The summed E-state index contributed by atoms with van der Waals surface area (Å²) in [5.41, 5.74) is 0.419. The lowest BCUT2D eigenvalue weighted by molar-refractivity contribution is 0.165. The SMILES string of the molecule is Oc1cc(-c2ccc3c(N4CC5CCC(C4)N5)nc(OCC4(CN5CC[C@@H](F)C5)CC4)nc3c2F)c2c(F)cccc2c1. The highest BCUT2D eigenvalue weighted by Gasteiger charge is 2.46. The van der Waals surface area contributed by atoms with E-state index in [2.05, 4.69) is 20.1 Å². The molecule has 0 amide bonds. The van der Waals surface area contributed by atoms with Gasteiger partial charge in [-0.1, -0.05) is 18.2 Å². The van der Waals surface area contributed by atoms with Crippen molar-refractivity contribution in [2.24, 2.45) is 5.41 Å². The van der Waals surface area contributed by atoms with Gasteiger partial charge >= 0.3 is 6.01 Å². The van der Waals surface area contributed by atoms with Crippen LogP contribution in [-0.2, 0) is 0 Å². The summed E-state index contributed by atoms with van der Waals surface area (Å²) in [5, 5.41) is 15.3. The summed E-state index contributed by atoms with van der Waals surface area (Å²) in [4.78, 5) is 13.8. The molecule has 3 aromatic carbocycles. The molecule has 0 radical (unpaired) electrons. The molecular formula is C33H34F3N5O2. The molecule has 2 unspecified atom stereocenters. The molecule has 2 N–H and O–H groups in total. The summed E-state index contributed by atoms with van der Waals surface area (Å²) >= 11 is 0. The Morgan fingerprint density at radius 3 is 2.53 bits per heavy atom. The number of hydrogen-bond donors (Lipinski definition) is 2. The summed E-state index contributed by atoms with van der Waals surface area (Å²) in [6.07, 6.45) is 3.93. The molecule has 4 heterocycles. The monoisotopic (exact) mass is 589 g/mol. The molecule has 1 saturated carbocycles. The summed E-state index contributed by atoms with van der Waals surface area (Å²) < 4.78 is 51.7. The summed E-state index contributed by atoms with van der Waals surface area (Å²) in [6.45, 7) is 3.85. The summed E-state index contributed by atoms with van der Waals surface area (Å²) in [6, 6.07) is 11.6. The van der Waals surface area contributed by atoms with E-state index < -0.39 is 17.8 Å². The number of ether oxygens (including phenoxy) is 1. The molecule has 10 heteroatoms. The van der Waals surface area contributed by atoms with Crippen molar-refractivity contribution in [2.45, 2.75) is 50.4 Å². The van der Waals surface area contributed by atoms with Gasteiger partial charge in [0.2, 0.25) is 0 Å². The van der Waals surface area contributed by atoms with Crippen LogP contribution in [0.15, 0.2) is 42.5 Å². The number of fused-ring (bicyclic) bond motifs is 4. The molecule has 3 saturated heterocycles. The second-order valence-corrected chi connectivity index (χ2v) is 12.9. The Labute approximate surface area is 247 Å². The van der Waals surface area contributed by atoms with E-state index in [0.29, 0.717) is 48.2 Å². The van der Waals surface area contributed by atoms with Crippen LogP contribution in [0.3, 0.4) is 0 Å². The van der Waals surface area contributed by atoms with Gasteiger partial charge in [-0.2, -0.15) is 9.97 Å². The average molecular weight is 590 g/mol. The van der Waals surface area contributed by atoms with Gasteiger partial charge in [-0.25, -0.2) is 13.2 Å². The zero-order chi connectivity index (χ0) is 29.3. The quantitative estimate of drug-likeness (QED) is 0.292. The topological polar surface area (TPSA) is 73.8 Å². The van der Waals surface area contributed by atoms with Crippen LogP contribution in [0, 0.1) is 17.0 Å². The van der Waals surface area contributed by atoms with Crippen molar-refractivity contribution in [1.29, 1.82) is 0 Å². The Morgan fingerprint density at radius 2 is 1.79 bits per heavy atom. The van der Waals surface area contributed by atoms with E-state index in [1.807, 2.05) is 0 Å². The third kappa shape index (κ3) is 4.94. The Hall–Kier alpha value is -3.63. The fourth-order valence-corrected chi connectivity index (χ4v) is 7.33. The molecule has 4 aliphatic rings. The average Bonchev–Trinajstić information content (AvgIpc) is 3.51. The number of hydrogen-bond acceptors (Lipinski definition) is 7. The Balaban J connectivity index is 1.20. The van der Waals surface area contributed by atoms with Crippen LogP contribution < -0.4 is 15.0 Å². The second kappa shape index (κ2) is 10.2. The zero-order valence-corrected chi connectivity index (χ0v) is 23.8. The van der Waals surface area contributed by atoms with Gasteiger partial charge in [0.15, 0.2) is 5.82 Å². The smallest absolute Gasteiger partial charge is 0.319 e. The summed E-state index contributed by atoms with van der Waals surface area (Å²) in [5.74, 6) is -0.572. The molecule has 43 heavy (non-hydrogen) atoms. The van der Waals surface area contributed by atoms with Crippen LogP contribution >= 0.6 is 0 Å².